The lowest BCUT2D eigenvalue weighted by Gasteiger charge is -2.44. The van der Waals surface area contributed by atoms with Crippen molar-refractivity contribution in [3.05, 3.63) is 138 Å². The van der Waals surface area contributed by atoms with Crippen LogP contribution < -0.4 is 69.7 Å². The first-order chi connectivity index (χ1) is 63.8. The summed E-state index contributed by atoms with van der Waals surface area (Å²) in [6.45, 7) is 6.10. The second-order valence-corrected chi connectivity index (χ2v) is 43.3. The number of aryl methyl sites for hydroxylation is 8. The van der Waals surface area contributed by atoms with Crippen LogP contribution in [0.2, 0.25) is 0 Å². The number of halogens is 2. The summed E-state index contributed by atoms with van der Waals surface area (Å²) in [4.78, 5) is 56.3. The van der Waals surface area contributed by atoms with E-state index in [9.17, 15) is 44.8 Å². The summed E-state index contributed by atoms with van der Waals surface area (Å²) in [6.07, 6.45) is 29.9. The number of hydrogen-bond acceptors (Lipinski definition) is 26. The van der Waals surface area contributed by atoms with Gasteiger partial charge in [0.2, 0.25) is 23.5 Å². The number of ether oxygens (including phenoxy) is 6. The Balaban J connectivity index is 0.000000114. The third-order valence-electron chi connectivity index (χ3n) is 27.8. The van der Waals surface area contributed by atoms with Crippen LogP contribution >= 0.6 is 0 Å². The number of urea groups is 4. The number of fused-ring (bicyclic) bond motifs is 12. The van der Waals surface area contributed by atoms with E-state index in [1.165, 1.54) is 101 Å². The number of amides is 8. The van der Waals surface area contributed by atoms with Crippen molar-refractivity contribution in [3.8, 4) is 23.5 Å². The summed E-state index contributed by atoms with van der Waals surface area (Å²) in [5.74, 6) is 0.985. The van der Waals surface area contributed by atoms with Crippen molar-refractivity contribution in [2.24, 2.45) is 0 Å². The van der Waals surface area contributed by atoms with Gasteiger partial charge in [-0.1, -0.05) is 24.3 Å². The molecule has 132 heavy (non-hydrogen) atoms. The number of likely N-dealkylation sites (tertiary alicyclic amines) is 2. The van der Waals surface area contributed by atoms with Crippen molar-refractivity contribution >= 4 is 86.5 Å². The SMILES string of the molecule is COC1CN([C@@H]2COc3c(S(=N)(=O)NC(=O)Nc4c5c(cc6c4CCC6)CCC5)cnn3C2)C1.COC1CN([C@@H]2COc3c(S(=N)(=O)NC(=O)Nc4c5c(cc6c4CCC6)CCC5)cnn3C2)C1.N=S(=O)(NC(=O)Nc1c2c(cc3c1CCC3)CCC2)c1cnn2c1OC[C@@H](NCCF)C2.N=S(=O)(NC(=O)Nc1c2c(cc3c1CCC3)CCC2)c1cnn2c1OC[C@@H](NCCF)C2. The number of carbonyl (C=O) groups excluding carboxylic acids is 4. The Hall–Kier alpha value is -10.6. The Kier molecular flexibility index (Phi) is 25.9. The number of rotatable bonds is 22. The maximum atomic E-state index is 13.3. The van der Waals surface area contributed by atoms with Crippen molar-refractivity contribution in [2.45, 2.75) is 236 Å². The lowest BCUT2D eigenvalue weighted by atomic mass is 9.99. The van der Waals surface area contributed by atoms with Crippen LogP contribution in [0.1, 0.15) is 140 Å². The van der Waals surface area contributed by atoms with E-state index in [-0.39, 0.29) is 94.0 Å². The highest BCUT2D eigenvalue weighted by Crippen LogP contribution is 2.45. The summed E-state index contributed by atoms with van der Waals surface area (Å²) >= 11 is 0. The number of benzene rings is 4. The molecule has 8 amide bonds. The normalized spacial score (nSPS) is 22.0. The van der Waals surface area contributed by atoms with Crippen molar-refractivity contribution in [3.63, 3.8) is 0 Å². The summed E-state index contributed by atoms with van der Waals surface area (Å²) in [6, 6.07) is 6.55. The van der Waals surface area contributed by atoms with Crippen LogP contribution in [-0.4, -0.2) is 220 Å². The molecule has 14 aliphatic rings. The zero-order chi connectivity index (χ0) is 91.5. The van der Waals surface area contributed by atoms with Gasteiger partial charge >= 0.3 is 24.1 Å². The number of methoxy groups -OCH3 is 2. The summed E-state index contributed by atoms with van der Waals surface area (Å²) in [5.41, 5.74) is 23.1. The average molecular weight is 1900 g/mol. The Morgan fingerprint density at radius 3 is 0.811 bits per heavy atom. The standard InChI is InChI=1S/2C23H30N6O4S.2C21H27FN6O3S/c2*1-32-17-11-28(12-17)16-10-29-22(33-13-16)20(9-25-29)34(24,31)27-23(30)26-21-18-6-2-4-14(18)8-15-5-3-7-19(15)21;2*22-7-8-24-15-11-28-20(31-12-15)18(10-25-28)32(23,30)27-21(29)26-19-16-5-1-3-13(16)9-14-4-2-6-17(14)19/h2*8-9,16-17H,2-7,10-13H2,1H3,(H3,24,26,27,30,31);2*9-10,15,24H,1-8,11-12H2,(H3,23,26,27,29,30)/t2*16-,34?;2*15-,32?/m0000/s1. The van der Waals surface area contributed by atoms with Crippen LogP contribution in [-0.2, 0) is 178 Å². The highest BCUT2D eigenvalue weighted by molar-refractivity contribution is 7.92. The number of nitrogens with one attached hydrogen (secondary N) is 14. The topological polar surface area (TPSA) is 485 Å². The van der Waals surface area contributed by atoms with Crippen LogP contribution in [0.3, 0.4) is 0 Å². The molecule has 708 valence electrons. The van der Waals surface area contributed by atoms with E-state index in [4.69, 9.17) is 47.5 Å². The molecule has 38 nitrogen and oxygen atoms in total. The minimum absolute atomic E-state index is 0.0279. The summed E-state index contributed by atoms with van der Waals surface area (Å²) < 4.78 is 161. The fourth-order valence-electron chi connectivity index (χ4n) is 21.3. The fraction of sp³-hybridized carbons (Fsp3) is 0.545. The third-order valence-corrected chi connectivity index (χ3v) is 33.3. The van der Waals surface area contributed by atoms with Gasteiger partial charge in [-0.05, 0) is 243 Å². The van der Waals surface area contributed by atoms with Gasteiger partial charge < -0.3 is 60.3 Å². The second kappa shape index (κ2) is 37.7. The van der Waals surface area contributed by atoms with Gasteiger partial charge in [0.1, 0.15) is 59.4 Å². The fourth-order valence-corrected chi connectivity index (χ4v) is 25.4. The molecule has 4 unspecified atom stereocenters. The molecule has 4 aromatic heterocycles. The van der Waals surface area contributed by atoms with Gasteiger partial charge in [0.05, 0.1) is 87.3 Å². The van der Waals surface area contributed by atoms with Gasteiger partial charge in [0.25, 0.3) is 0 Å². The number of nitrogens with zero attached hydrogens (tertiary/aromatic N) is 10. The maximum Gasteiger partial charge on any atom is 0.331 e. The van der Waals surface area contributed by atoms with Gasteiger partial charge in [0, 0.05) is 76.2 Å². The summed E-state index contributed by atoms with van der Waals surface area (Å²) in [7, 11) is -11.3. The van der Waals surface area contributed by atoms with Crippen LogP contribution in [0.4, 0.5) is 50.7 Å². The van der Waals surface area contributed by atoms with Crippen molar-refractivity contribution < 1.29 is 73.2 Å². The molecule has 8 aromatic rings. The molecular weight excluding hydrogens is 1780 g/mol. The predicted octanol–water partition coefficient (Wildman–Crippen LogP) is 8.83. The third kappa shape index (κ3) is 18.4. The molecule has 8 aliphatic carbocycles. The quantitative estimate of drug-likeness (QED) is 0.0301. The molecule has 0 saturated carbocycles. The molecule has 0 spiro atoms. The van der Waals surface area contributed by atoms with Crippen molar-refractivity contribution in [2.75, 3.05) is 115 Å². The predicted molar refractivity (Wildman–Crippen MR) is 486 cm³/mol. The molecule has 2 saturated heterocycles. The molecule has 10 heterocycles. The lowest BCUT2D eigenvalue weighted by molar-refractivity contribution is -0.0687. The van der Waals surface area contributed by atoms with E-state index >= 15 is 0 Å². The Morgan fingerprint density at radius 2 is 0.583 bits per heavy atom. The van der Waals surface area contributed by atoms with Crippen LogP contribution in [0, 0.1) is 19.1 Å². The van der Waals surface area contributed by atoms with Crippen molar-refractivity contribution in [1.29, 1.82) is 19.1 Å². The number of aromatic nitrogens is 8. The highest BCUT2D eigenvalue weighted by atomic mass is 32.2. The van der Waals surface area contributed by atoms with Crippen molar-refractivity contribution in [1.82, 2.24) is 78.4 Å². The first kappa shape index (κ1) is 90.6. The largest absolute Gasteiger partial charge is 0.475 e. The van der Waals surface area contributed by atoms with Gasteiger partial charge in [-0.15, -0.1) is 0 Å². The van der Waals surface area contributed by atoms with Gasteiger partial charge in [0.15, 0.2) is 39.7 Å². The van der Waals surface area contributed by atoms with Gasteiger partial charge in [-0.25, -0.2) is 102 Å². The van der Waals surface area contributed by atoms with Gasteiger partial charge in [-0.3, -0.25) is 9.80 Å². The van der Waals surface area contributed by atoms with E-state index in [1.54, 1.807) is 23.6 Å². The van der Waals surface area contributed by atoms with Crippen LogP contribution in [0.15, 0.2) is 68.6 Å². The average Bonchev–Trinajstić information content (AvgIpc) is 1.62. The smallest absolute Gasteiger partial charge is 0.331 e. The molecule has 8 atom stereocenters. The molecule has 14 N–H and O–H groups in total. The number of hydrogen-bond donors (Lipinski definition) is 14. The Labute approximate surface area is 765 Å². The number of carbonyl (C=O) groups is 4. The molecule has 2 fully saturated rings. The Morgan fingerprint density at radius 1 is 0.356 bits per heavy atom. The lowest BCUT2D eigenvalue weighted by Crippen LogP contribution is -2.59. The van der Waals surface area contributed by atoms with E-state index in [1.807, 2.05) is 0 Å². The summed E-state index contributed by atoms with van der Waals surface area (Å²) in [5, 5.41) is 34.6. The monoisotopic (exact) mass is 1900 g/mol. The first-order valence-corrected chi connectivity index (χ1v) is 52.0. The zero-order valence-electron chi connectivity index (χ0n) is 73.9. The van der Waals surface area contributed by atoms with E-state index in [2.05, 4.69) is 105 Å². The Bertz CT molecular complexity index is 5830. The van der Waals surface area contributed by atoms with Gasteiger partial charge in [-0.2, -0.15) is 20.4 Å². The minimum Gasteiger partial charge on any atom is -0.475 e. The molecule has 44 heteroatoms. The molecule has 6 aliphatic heterocycles. The number of alkyl halides is 2. The zero-order valence-corrected chi connectivity index (χ0v) is 77.2. The van der Waals surface area contributed by atoms with E-state index in [0.717, 1.165) is 225 Å². The van der Waals surface area contributed by atoms with Crippen LogP contribution in [0.25, 0.3) is 0 Å². The second-order valence-electron chi connectivity index (χ2n) is 36.2. The minimum atomic E-state index is -3.69. The van der Waals surface area contributed by atoms with E-state index < -0.39 is 77.1 Å². The molecule has 0 radical (unpaired) electrons. The highest BCUT2D eigenvalue weighted by Gasteiger charge is 2.42. The van der Waals surface area contributed by atoms with Crippen LogP contribution in [0.5, 0.6) is 23.5 Å². The first-order valence-electron chi connectivity index (χ1n) is 45.8. The molecule has 0 bridgehead atoms. The number of anilines is 4. The molecule has 4 aromatic carbocycles. The maximum absolute atomic E-state index is 13.3. The molecule has 22 rings (SSSR count). The molecular formula is C88H114F2N24O14S4. The van der Waals surface area contributed by atoms with E-state index in [0.29, 0.717) is 51.2 Å².